The molecule has 2 aromatic heterocycles. The van der Waals surface area contributed by atoms with Crippen LogP contribution in [0.4, 0.5) is 14.7 Å². The number of hydrogen-bond acceptors (Lipinski definition) is 5. The van der Waals surface area contributed by atoms with Crippen molar-refractivity contribution in [2.75, 3.05) is 11.9 Å². The van der Waals surface area contributed by atoms with Gasteiger partial charge in [-0.05, 0) is 30.5 Å². The Balaban J connectivity index is 2.06. The van der Waals surface area contributed by atoms with Gasteiger partial charge in [0.05, 0.1) is 25.5 Å². The van der Waals surface area contributed by atoms with Crippen LogP contribution in [0.3, 0.4) is 0 Å². The number of benzene rings is 1. The lowest BCUT2D eigenvalue weighted by molar-refractivity contribution is 0.248. The summed E-state index contributed by atoms with van der Waals surface area (Å²) in [6.07, 6.45) is 1.45. The highest BCUT2D eigenvalue weighted by Crippen LogP contribution is 2.16. The molecule has 0 aliphatic carbocycles. The van der Waals surface area contributed by atoms with Crippen LogP contribution in [0.2, 0.25) is 0 Å². The van der Waals surface area contributed by atoms with E-state index in [-0.39, 0.29) is 36.2 Å². The first-order valence-corrected chi connectivity index (χ1v) is 9.12. The Morgan fingerprint density at radius 1 is 1.25 bits per heavy atom. The molecular formula is C19H23F2N5O2. The van der Waals surface area contributed by atoms with Crippen LogP contribution >= 0.6 is 0 Å². The lowest BCUT2D eigenvalue weighted by atomic mass is 10.1. The normalized spacial score (nSPS) is 12.7. The maximum atomic E-state index is 13.5. The van der Waals surface area contributed by atoms with Gasteiger partial charge in [-0.1, -0.05) is 19.9 Å². The molecule has 1 atom stereocenters. The zero-order chi connectivity index (χ0) is 20.4. The van der Waals surface area contributed by atoms with Crippen LogP contribution in [0.5, 0.6) is 0 Å². The van der Waals surface area contributed by atoms with Crippen molar-refractivity contribution in [2.45, 2.75) is 39.9 Å². The standard InChI is InChI=1S/C19H23F2N5O2/c1-4-26-18(28)16-17(24-19(26)23-15(9-27)11(2)3)25(10-22-16)8-12-5-6-13(20)14(21)7-12/h5-7,10-11,15,27H,4,8-9H2,1-3H3,(H,23,24). The predicted molar refractivity (Wildman–Crippen MR) is 102 cm³/mol. The maximum Gasteiger partial charge on any atom is 0.283 e. The third-order valence-electron chi connectivity index (χ3n) is 4.69. The predicted octanol–water partition coefficient (Wildman–Crippen LogP) is 2.37. The van der Waals surface area contributed by atoms with E-state index in [0.717, 1.165) is 12.1 Å². The highest BCUT2D eigenvalue weighted by molar-refractivity contribution is 5.71. The fourth-order valence-electron chi connectivity index (χ4n) is 2.97. The Kier molecular flexibility index (Phi) is 5.73. The lowest BCUT2D eigenvalue weighted by Gasteiger charge is -2.22. The molecule has 0 saturated carbocycles. The third-order valence-corrected chi connectivity index (χ3v) is 4.69. The average molecular weight is 391 g/mol. The van der Waals surface area contributed by atoms with E-state index in [2.05, 4.69) is 15.3 Å². The quantitative estimate of drug-likeness (QED) is 0.646. The van der Waals surface area contributed by atoms with E-state index in [4.69, 9.17) is 0 Å². The Bertz CT molecular complexity index is 1040. The summed E-state index contributed by atoms with van der Waals surface area (Å²) >= 11 is 0. The number of nitrogens with one attached hydrogen (secondary N) is 1. The minimum atomic E-state index is -0.937. The van der Waals surface area contributed by atoms with Crippen molar-refractivity contribution < 1.29 is 13.9 Å². The van der Waals surface area contributed by atoms with Crippen molar-refractivity contribution in [3.8, 4) is 0 Å². The van der Waals surface area contributed by atoms with Crippen molar-refractivity contribution in [1.82, 2.24) is 19.1 Å². The summed E-state index contributed by atoms with van der Waals surface area (Å²) in [5.74, 6) is -1.40. The number of aliphatic hydroxyl groups excluding tert-OH is 1. The molecule has 9 heteroatoms. The third kappa shape index (κ3) is 3.75. The summed E-state index contributed by atoms with van der Waals surface area (Å²) in [6, 6.07) is 3.36. The highest BCUT2D eigenvalue weighted by Gasteiger charge is 2.19. The van der Waals surface area contributed by atoms with Crippen LogP contribution in [0, 0.1) is 17.6 Å². The number of rotatable bonds is 7. The first-order chi connectivity index (χ1) is 13.3. The number of nitrogens with zero attached hydrogens (tertiary/aromatic N) is 4. The topological polar surface area (TPSA) is 85.0 Å². The molecule has 0 bridgehead atoms. The Morgan fingerprint density at radius 2 is 2.00 bits per heavy atom. The van der Waals surface area contributed by atoms with E-state index in [9.17, 15) is 18.7 Å². The molecule has 1 unspecified atom stereocenters. The smallest absolute Gasteiger partial charge is 0.283 e. The molecule has 0 aliphatic heterocycles. The van der Waals surface area contributed by atoms with Crippen LogP contribution < -0.4 is 10.9 Å². The maximum absolute atomic E-state index is 13.5. The summed E-state index contributed by atoms with van der Waals surface area (Å²) in [5.41, 5.74) is 0.742. The fraction of sp³-hybridized carbons (Fsp3) is 0.421. The molecule has 2 heterocycles. The summed E-state index contributed by atoms with van der Waals surface area (Å²) < 4.78 is 29.7. The summed E-state index contributed by atoms with van der Waals surface area (Å²) in [4.78, 5) is 21.5. The van der Waals surface area contributed by atoms with Crippen molar-refractivity contribution in [1.29, 1.82) is 0 Å². The summed E-state index contributed by atoms with van der Waals surface area (Å²) in [6.45, 7) is 6.19. The van der Waals surface area contributed by atoms with Gasteiger partial charge in [0.2, 0.25) is 5.95 Å². The van der Waals surface area contributed by atoms with Crippen molar-refractivity contribution >= 4 is 17.1 Å². The Labute approximate surface area is 160 Å². The minimum Gasteiger partial charge on any atom is -0.394 e. The zero-order valence-electron chi connectivity index (χ0n) is 16.0. The van der Waals surface area contributed by atoms with Crippen molar-refractivity contribution in [2.24, 2.45) is 5.92 Å². The number of aromatic nitrogens is 4. The molecule has 3 aromatic rings. The van der Waals surface area contributed by atoms with Crippen LogP contribution in [-0.4, -0.2) is 36.9 Å². The second-order valence-electron chi connectivity index (χ2n) is 6.96. The minimum absolute atomic E-state index is 0.108. The largest absolute Gasteiger partial charge is 0.394 e. The first kappa shape index (κ1) is 19.9. The number of aliphatic hydroxyl groups is 1. The van der Waals surface area contributed by atoms with Gasteiger partial charge in [-0.3, -0.25) is 9.36 Å². The van der Waals surface area contributed by atoms with Gasteiger partial charge in [0.15, 0.2) is 22.8 Å². The van der Waals surface area contributed by atoms with Gasteiger partial charge in [-0.15, -0.1) is 0 Å². The molecule has 150 valence electrons. The number of imidazole rings is 1. The fourth-order valence-corrected chi connectivity index (χ4v) is 2.97. The van der Waals surface area contributed by atoms with E-state index in [1.165, 1.54) is 17.0 Å². The van der Waals surface area contributed by atoms with E-state index >= 15 is 0 Å². The van der Waals surface area contributed by atoms with Gasteiger partial charge >= 0.3 is 0 Å². The van der Waals surface area contributed by atoms with Gasteiger partial charge in [0, 0.05) is 6.54 Å². The number of fused-ring (bicyclic) bond motifs is 1. The summed E-state index contributed by atoms with van der Waals surface area (Å²) in [5, 5.41) is 12.7. The van der Waals surface area contributed by atoms with Gasteiger partial charge < -0.3 is 15.0 Å². The highest BCUT2D eigenvalue weighted by atomic mass is 19.2. The SMILES string of the molecule is CCn1c(NC(CO)C(C)C)nc2c(ncn2Cc2ccc(F)c(F)c2)c1=O. The molecule has 0 radical (unpaired) electrons. The molecule has 0 saturated heterocycles. The molecule has 0 aliphatic rings. The van der Waals surface area contributed by atoms with Crippen LogP contribution in [0.15, 0.2) is 29.3 Å². The number of anilines is 1. The van der Waals surface area contributed by atoms with E-state index in [1.54, 1.807) is 4.57 Å². The first-order valence-electron chi connectivity index (χ1n) is 9.12. The van der Waals surface area contributed by atoms with Crippen molar-refractivity contribution in [3.05, 3.63) is 52.1 Å². The summed E-state index contributed by atoms with van der Waals surface area (Å²) in [7, 11) is 0. The molecular weight excluding hydrogens is 368 g/mol. The van der Waals surface area contributed by atoms with Gasteiger partial charge in [-0.25, -0.2) is 13.8 Å². The second-order valence-corrected chi connectivity index (χ2v) is 6.96. The van der Waals surface area contributed by atoms with Gasteiger partial charge in [-0.2, -0.15) is 4.98 Å². The molecule has 1 aromatic carbocycles. The second kappa shape index (κ2) is 8.05. The van der Waals surface area contributed by atoms with Crippen molar-refractivity contribution in [3.63, 3.8) is 0 Å². The van der Waals surface area contributed by atoms with Gasteiger partial charge in [0.1, 0.15) is 0 Å². The molecule has 2 N–H and O–H groups in total. The van der Waals surface area contributed by atoms with Crippen LogP contribution in [0.1, 0.15) is 26.3 Å². The number of halogens is 2. The Morgan fingerprint density at radius 3 is 2.61 bits per heavy atom. The van der Waals surface area contributed by atoms with Crippen LogP contribution in [0.25, 0.3) is 11.2 Å². The van der Waals surface area contributed by atoms with E-state index in [0.29, 0.717) is 23.7 Å². The molecule has 3 rings (SSSR count). The molecule has 0 spiro atoms. The van der Waals surface area contributed by atoms with E-state index in [1.807, 2.05) is 20.8 Å². The van der Waals surface area contributed by atoms with Crippen LogP contribution in [-0.2, 0) is 13.1 Å². The zero-order valence-corrected chi connectivity index (χ0v) is 16.0. The molecule has 0 amide bonds. The molecule has 0 fully saturated rings. The lowest BCUT2D eigenvalue weighted by Crippen LogP contribution is -2.34. The molecule has 28 heavy (non-hydrogen) atoms. The Hall–Kier alpha value is -2.81. The monoisotopic (exact) mass is 391 g/mol. The molecule has 7 nitrogen and oxygen atoms in total. The van der Waals surface area contributed by atoms with Gasteiger partial charge in [0.25, 0.3) is 5.56 Å². The van der Waals surface area contributed by atoms with E-state index < -0.39 is 11.6 Å². The number of hydrogen-bond donors (Lipinski definition) is 2. The average Bonchev–Trinajstić information content (AvgIpc) is 3.05.